The minimum atomic E-state index is -3.28. The van der Waals surface area contributed by atoms with Gasteiger partial charge in [0.1, 0.15) is 0 Å². The number of hydrogen-bond acceptors (Lipinski definition) is 4. The minimum Gasteiger partial charge on any atom is -0.329 e. The van der Waals surface area contributed by atoms with E-state index in [0.717, 1.165) is 5.56 Å². The van der Waals surface area contributed by atoms with E-state index >= 15 is 0 Å². The van der Waals surface area contributed by atoms with Crippen molar-refractivity contribution in [3.05, 3.63) is 64.7 Å². The second-order valence-corrected chi connectivity index (χ2v) is 8.85. The predicted octanol–water partition coefficient (Wildman–Crippen LogP) is 3.34. The highest BCUT2D eigenvalue weighted by Gasteiger charge is 2.30. The summed E-state index contributed by atoms with van der Waals surface area (Å²) in [6.07, 6.45) is 0. The summed E-state index contributed by atoms with van der Waals surface area (Å²) in [5, 5.41) is 3.93. The number of benzene rings is 2. The number of hydrogen-bond donors (Lipinski definition) is 1. The van der Waals surface area contributed by atoms with Crippen LogP contribution in [0.15, 0.2) is 53.4 Å². The lowest BCUT2D eigenvalue weighted by Crippen LogP contribution is -2.48. The Morgan fingerprint density at radius 3 is 2.48 bits per heavy atom. The Hall–Kier alpha value is -1.60. The summed E-state index contributed by atoms with van der Waals surface area (Å²) in [4.78, 5) is 15.1. The maximum Gasteiger partial charge on any atom is 0.254 e. The quantitative estimate of drug-likeness (QED) is 0.810. The Morgan fingerprint density at radius 2 is 1.85 bits per heavy atom. The highest BCUT2D eigenvalue weighted by molar-refractivity contribution is 7.91. The Kier molecular flexibility index (Phi) is 7.28. The molecule has 0 aliphatic carbocycles. The zero-order valence-electron chi connectivity index (χ0n) is 14.9. The maximum atomic E-state index is 13.0. The van der Waals surface area contributed by atoms with Crippen LogP contribution in [-0.4, -0.2) is 44.6 Å². The van der Waals surface area contributed by atoms with Crippen LogP contribution in [-0.2, 0) is 9.84 Å². The molecule has 0 saturated carbocycles. The first-order chi connectivity index (χ1) is 12.4. The molecule has 1 heterocycles. The molecule has 1 amide bonds. The molecule has 0 radical (unpaired) electrons. The molecule has 27 heavy (non-hydrogen) atoms. The summed E-state index contributed by atoms with van der Waals surface area (Å²) in [5.41, 5.74) is 1.37. The Labute approximate surface area is 171 Å². The molecule has 1 aliphatic rings. The minimum absolute atomic E-state index is 0. The van der Waals surface area contributed by atoms with Crippen molar-refractivity contribution >= 4 is 39.8 Å². The van der Waals surface area contributed by atoms with Crippen LogP contribution >= 0.6 is 24.0 Å². The van der Waals surface area contributed by atoms with Crippen molar-refractivity contribution < 1.29 is 13.2 Å². The Bertz CT molecular complexity index is 901. The first-order valence-electron chi connectivity index (χ1n) is 8.53. The normalized spacial score (nSPS) is 17.3. The number of sulfone groups is 1. The third-order valence-corrected chi connectivity index (χ3v) is 6.70. The molecule has 1 atom stereocenters. The standard InChI is InChI=1S/C19H21ClN2O3S.ClH/c1-2-26(24,25)15-9-7-14(8-10-15)19(23)22-12-11-21-13-18(22)16-5-3-4-6-17(16)20;/h3-10,18,21H,2,11-13H2,1H3;1H. The lowest BCUT2D eigenvalue weighted by Gasteiger charge is -2.37. The predicted molar refractivity (Wildman–Crippen MR) is 110 cm³/mol. The van der Waals surface area contributed by atoms with E-state index in [9.17, 15) is 13.2 Å². The third kappa shape index (κ3) is 4.63. The van der Waals surface area contributed by atoms with Gasteiger partial charge in [-0.05, 0) is 35.9 Å². The topological polar surface area (TPSA) is 66.5 Å². The molecule has 8 heteroatoms. The first kappa shape index (κ1) is 21.7. The largest absolute Gasteiger partial charge is 0.329 e. The molecule has 2 aromatic rings. The lowest BCUT2D eigenvalue weighted by atomic mass is 10.0. The van der Waals surface area contributed by atoms with Gasteiger partial charge in [0.2, 0.25) is 0 Å². The number of nitrogens with one attached hydrogen (secondary N) is 1. The van der Waals surface area contributed by atoms with Crippen LogP contribution in [0.5, 0.6) is 0 Å². The second kappa shape index (κ2) is 9.06. The number of amides is 1. The Balaban J connectivity index is 0.00000261. The number of carbonyl (C=O) groups excluding carboxylic acids is 1. The molecule has 3 rings (SSSR count). The zero-order chi connectivity index (χ0) is 18.7. The molecule has 0 aromatic heterocycles. The highest BCUT2D eigenvalue weighted by atomic mass is 35.5. The third-order valence-electron chi connectivity index (χ3n) is 4.61. The first-order valence-corrected chi connectivity index (χ1v) is 10.6. The fourth-order valence-electron chi connectivity index (χ4n) is 3.11. The molecular weight excluding hydrogens is 407 g/mol. The van der Waals surface area contributed by atoms with Crippen molar-refractivity contribution in [3.8, 4) is 0 Å². The summed E-state index contributed by atoms with van der Waals surface area (Å²) in [7, 11) is -3.28. The van der Waals surface area contributed by atoms with Crippen LogP contribution in [0.3, 0.4) is 0 Å². The molecule has 1 saturated heterocycles. The molecule has 1 aliphatic heterocycles. The number of nitrogens with zero attached hydrogens (tertiary/aromatic N) is 1. The number of halogens is 2. The average molecular weight is 429 g/mol. The van der Waals surface area contributed by atoms with Gasteiger partial charge in [-0.25, -0.2) is 8.42 Å². The van der Waals surface area contributed by atoms with Crippen LogP contribution < -0.4 is 5.32 Å². The SMILES string of the molecule is CCS(=O)(=O)c1ccc(C(=O)N2CCNCC2c2ccccc2Cl)cc1.Cl. The van der Waals surface area contributed by atoms with E-state index in [4.69, 9.17) is 11.6 Å². The van der Waals surface area contributed by atoms with Gasteiger partial charge in [-0.3, -0.25) is 4.79 Å². The maximum absolute atomic E-state index is 13.0. The summed E-state index contributed by atoms with van der Waals surface area (Å²) in [5.74, 6) is -0.0935. The van der Waals surface area contributed by atoms with Gasteiger partial charge >= 0.3 is 0 Å². The monoisotopic (exact) mass is 428 g/mol. The van der Waals surface area contributed by atoms with Crippen molar-refractivity contribution in [3.63, 3.8) is 0 Å². The fraction of sp³-hybridized carbons (Fsp3) is 0.316. The van der Waals surface area contributed by atoms with Crippen molar-refractivity contribution in [1.29, 1.82) is 0 Å². The molecule has 0 spiro atoms. The fourth-order valence-corrected chi connectivity index (χ4v) is 4.25. The zero-order valence-corrected chi connectivity index (χ0v) is 17.3. The van der Waals surface area contributed by atoms with E-state index in [2.05, 4.69) is 5.32 Å². The van der Waals surface area contributed by atoms with Gasteiger partial charge in [-0.2, -0.15) is 0 Å². The van der Waals surface area contributed by atoms with E-state index in [-0.39, 0.29) is 35.0 Å². The molecule has 5 nitrogen and oxygen atoms in total. The molecular formula is C19H22Cl2N2O3S. The second-order valence-electron chi connectivity index (χ2n) is 6.17. The summed E-state index contributed by atoms with van der Waals surface area (Å²) in [6, 6.07) is 13.5. The number of carbonyl (C=O) groups is 1. The van der Waals surface area contributed by atoms with Gasteiger partial charge in [0.05, 0.1) is 16.7 Å². The van der Waals surface area contributed by atoms with Gasteiger partial charge in [-0.1, -0.05) is 36.7 Å². The van der Waals surface area contributed by atoms with Crippen LogP contribution in [0.4, 0.5) is 0 Å². The molecule has 1 N–H and O–H groups in total. The van der Waals surface area contributed by atoms with Crippen molar-refractivity contribution in [2.45, 2.75) is 17.9 Å². The Morgan fingerprint density at radius 1 is 1.19 bits per heavy atom. The van der Waals surface area contributed by atoms with E-state index in [1.54, 1.807) is 24.0 Å². The van der Waals surface area contributed by atoms with E-state index in [1.807, 2.05) is 24.3 Å². The summed E-state index contributed by atoms with van der Waals surface area (Å²) < 4.78 is 23.9. The van der Waals surface area contributed by atoms with Crippen molar-refractivity contribution in [2.24, 2.45) is 0 Å². The molecule has 146 valence electrons. The average Bonchev–Trinajstić information content (AvgIpc) is 2.68. The lowest BCUT2D eigenvalue weighted by molar-refractivity contribution is 0.0634. The highest BCUT2D eigenvalue weighted by Crippen LogP contribution is 2.29. The van der Waals surface area contributed by atoms with Crippen LogP contribution in [0.25, 0.3) is 0 Å². The van der Waals surface area contributed by atoms with Gasteiger partial charge < -0.3 is 10.2 Å². The van der Waals surface area contributed by atoms with Gasteiger partial charge in [-0.15, -0.1) is 12.4 Å². The van der Waals surface area contributed by atoms with E-state index < -0.39 is 9.84 Å². The summed E-state index contributed by atoms with van der Waals surface area (Å²) >= 11 is 6.33. The number of rotatable bonds is 4. The van der Waals surface area contributed by atoms with E-state index in [0.29, 0.717) is 30.2 Å². The van der Waals surface area contributed by atoms with Gasteiger partial charge in [0.25, 0.3) is 5.91 Å². The number of piperazine rings is 1. The molecule has 1 unspecified atom stereocenters. The summed E-state index contributed by atoms with van der Waals surface area (Å²) in [6.45, 7) is 3.49. The van der Waals surface area contributed by atoms with Gasteiger partial charge in [0.15, 0.2) is 9.84 Å². The smallest absolute Gasteiger partial charge is 0.254 e. The van der Waals surface area contributed by atoms with Gasteiger partial charge in [0, 0.05) is 30.2 Å². The molecule has 1 fully saturated rings. The van der Waals surface area contributed by atoms with Crippen LogP contribution in [0.2, 0.25) is 5.02 Å². The molecule has 2 aromatic carbocycles. The van der Waals surface area contributed by atoms with E-state index in [1.165, 1.54) is 12.1 Å². The van der Waals surface area contributed by atoms with Crippen molar-refractivity contribution in [2.75, 3.05) is 25.4 Å². The van der Waals surface area contributed by atoms with Crippen molar-refractivity contribution in [1.82, 2.24) is 10.2 Å². The molecule has 0 bridgehead atoms. The van der Waals surface area contributed by atoms with Crippen LogP contribution in [0, 0.1) is 0 Å². The van der Waals surface area contributed by atoms with Crippen LogP contribution in [0.1, 0.15) is 28.9 Å².